The van der Waals surface area contributed by atoms with Gasteiger partial charge < -0.3 is 9.47 Å². The average Bonchev–Trinajstić information content (AvgIpc) is 2.69. The number of hydrogen-bond acceptors (Lipinski definition) is 3. The smallest absolute Gasteiger partial charge is 0.347 e. The summed E-state index contributed by atoms with van der Waals surface area (Å²) in [5.41, 5.74) is 3.65. The minimum absolute atomic E-state index is 0.252. The van der Waals surface area contributed by atoms with Gasteiger partial charge in [-0.15, -0.1) is 0 Å². The Kier molecular flexibility index (Phi) is 7.10. The maximum atomic E-state index is 13.0. The molecule has 0 saturated carbocycles. The molecule has 4 heteroatoms. The molecule has 0 radical (unpaired) electrons. The molecule has 3 aromatic rings. The van der Waals surface area contributed by atoms with E-state index in [-0.39, 0.29) is 5.92 Å². The normalized spacial score (nSPS) is 10.8. The topological polar surface area (TPSA) is 35.5 Å². The van der Waals surface area contributed by atoms with Crippen LogP contribution in [0.4, 0.5) is 0 Å². The Morgan fingerprint density at radius 1 is 0.966 bits per heavy atom. The largest absolute Gasteiger partial charge is 0.492 e. The third-order valence-corrected chi connectivity index (χ3v) is 5.14. The number of esters is 1. The molecule has 0 spiro atoms. The summed E-state index contributed by atoms with van der Waals surface area (Å²) in [6.45, 7) is 6.63. The lowest BCUT2D eigenvalue weighted by Crippen LogP contribution is -2.13. The van der Waals surface area contributed by atoms with Gasteiger partial charge in [-0.2, -0.15) is 0 Å². The molecule has 0 saturated heterocycles. The van der Waals surface area contributed by atoms with Crippen LogP contribution in [0.2, 0.25) is 0 Å². The summed E-state index contributed by atoms with van der Waals surface area (Å²) in [7, 11) is 0. The summed E-state index contributed by atoms with van der Waals surface area (Å²) in [6.07, 6.45) is 0.765. The van der Waals surface area contributed by atoms with Crippen molar-refractivity contribution in [1.29, 1.82) is 0 Å². The summed E-state index contributed by atoms with van der Waals surface area (Å²) in [6, 6.07) is 21.5. The lowest BCUT2D eigenvalue weighted by Gasteiger charge is -2.15. The number of aryl methyl sites for hydroxylation is 1. The number of benzene rings is 3. The highest BCUT2D eigenvalue weighted by molar-refractivity contribution is 9.10. The lowest BCUT2D eigenvalue weighted by molar-refractivity contribution is 0.0728. The first-order valence-corrected chi connectivity index (χ1v) is 10.5. The van der Waals surface area contributed by atoms with E-state index in [2.05, 4.69) is 41.9 Å². The SMILES string of the molecule is Cc1ccc(C(C)C)c(OC(=O)c2cc(Br)ccc2OCCc2ccccc2)c1. The fourth-order valence-corrected chi connectivity index (χ4v) is 3.43. The molecule has 0 aliphatic carbocycles. The number of carbonyl (C=O) groups is 1. The van der Waals surface area contributed by atoms with Crippen molar-refractivity contribution in [1.82, 2.24) is 0 Å². The Hall–Kier alpha value is -2.59. The predicted octanol–water partition coefficient (Wildman–Crippen LogP) is 6.72. The zero-order valence-electron chi connectivity index (χ0n) is 16.9. The van der Waals surface area contributed by atoms with Crippen LogP contribution in [-0.2, 0) is 6.42 Å². The molecule has 0 atom stereocenters. The van der Waals surface area contributed by atoms with Crippen LogP contribution in [0.3, 0.4) is 0 Å². The van der Waals surface area contributed by atoms with Gasteiger partial charge in [0.05, 0.1) is 6.61 Å². The second kappa shape index (κ2) is 9.75. The Bertz CT molecular complexity index is 981. The van der Waals surface area contributed by atoms with Crippen LogP contribution in [0.15, 0.2) is 71.2 Å². The van der Waals surface area contributed by atoms with Crippen LogP contribution in [0, 0.1) is 6.92 Å². The van der Waals surface area contributed by atoms with E-state index in [1.807, 2.05) is 49.4 Å². The van der Waals surface area contributed by atoms with Crippen molar-refractivity contribution in [3.8, 4) is 11.5 Å². The van der Waals surface area contributed by atoms with Gasteiger partial charge in [-0.1, -0.05) is 72.2 Å². The van der Waals surface area contributed by atoms with Gasteiger partial charge in [0.2, 0.25) is 0 Å². The zero-order chi connectivity index (χ0) is 20.8. The van der Waals surface area contributed by atoms with Gasteiger partial charge in [-0.3, -0.25) is 0 Å². The fourth-order valence-electron chi connectivity index (χ4n) is 3.07. The minimum Gasteiger partial charge on any atom is -0.492 e. The Labute approximate surface area is 180 Å². The Morgan fingerprint density at radius 3 is 2.45 bits per heavy atom. The molecule has 0 aromatic heterocycles. The maximum absolute atomic E-state index is 13.0. The number of ether oxygens (including phenoxy) is 2. The second-order valence-corrected chi connectivity index (χ2v) is 8.23. The van der Waals surface area contributed by atoms with Crippen molar-refractivity contribution < 1.29 is 14.3 Å². The van der Waals surface area contributed by atoms with E-state index >= 15 is 0 Å². The summed E-state index contributed by atoms with van der Waals surface area (Å²) in [5, 5.41) is 0. The Balaban J connectivity index is 1.78. The third kappa shape index (κ3) is 5.70. The van der Waals surface area contributed by atoms with Crippen LogP contribution in [0.25, 0.3) is 0 Å². The number of hydrogen-bond donors (Lipinski definition) is 0. The highest BCUT2D eigenvalue weighted by Gasteiger charge is 2.18. The fraction of sp³-hybridized carbons (Fsp3) is 0.240. The number of halogens is 1. The first kappa shape index (κ1) is 21.1. The molecule has 0 N–H and O–H groups in total. The third-order valence-electron chi connectivity index (χ3n) is 4.65. The lowest BCUT2D eigenvalue weighted by atomic mass is 10.0. The average molecular weight is 453 g/mol. The second-order valence-electron chi connectivity index (χ2n) is 7.31. The van der Waals surface area contributed by atoms with Gasteiger partial charge in [0.15, 0.2) is 0 Å². The molecule has 29 heavy (non-hydrogen) atoms. The van der Waals surface area contributed by atoms with Crippen LogP contribution >= 0.6 is 15.9 Å². The van der Waals surface area contributed by atoms with Gasteiger partial charge in [-0.25, -0.2) is 4.79 Å². The Morgan fingerprint density at radius 2 is 1.72 bits per heavy atom. The van der Waals surface area contributed by atoms with Gasteiger partial charge >= 0.3 is 5.97 Å². The molecule has 3 nitrogen and oxygen atoms in total. The van der Waals surface area contributed by atoms with E-state index in [4.69, 9.17) is 9.47 Å². The van der Waals surface area contributed by atoms with Crippen molar-refractivity contribution in [2.24, 2.45) is 0 Å². The molecule has 150 valence electrons. The van der Waals surface area contributed by atoms with E-state index in [1.54, 1.807) is 12.1 Å². The van der Waals surface area contributed by atoms with E-state index in [9.17, 15) is 4.79 Å². The number of carbonyl (C=O) groups excluding carboxylic acids is 1. The molecular formula is C25H25BrO3. The summed E-state index contributed by atoms with van der Waals surface area (Å²) in [5.74, 6) is 0.948. The van der Waals surface area contributed by atoms with Gasteiger partial charge in [0.25, 0.3) is 0 Å². The van der Waals surface area contributed by atoms with E-state index < -0.39 is 5.97 Å². The zero-order valence-corrected chi connectivity index (χ0v) is 18.5. The standard InChI is InChI=1S/C25H25BrO3/c1-17(2)21-11-9-18(3)15-24(21)29-25(27)22-16-20(26)10-12-23(22)28-14-13-19-7-5-4-6-8-19/h4-12,15-17H,13-14H2,1-3H3. The van der Waals surface area contributed by atoms with Crippen molar-refractivity contribution in [2.45, 2.75) is 33.1 Å². The molecular weight excluding hydrogens is 428 g/mol. The van der Waals surface area contributed by atoms with Crippen molar-refractivity contribution in [3.05, 3.63) is 93.5 Å². The van der Waals surface area contributed by atoms with E-state index in [0.717, 1.165) is 22.0 Å². The van der Waals surface area contributed by atoms with Gasteiger partial charge in [0.1, 0.15) is 17.1 Å². The molecule has 0 bridgehead atoms. The molecule has 0 aliphatic rings. The van der Waals surface area contributed by atoms with E-state index in [1.165, 1.54) is 5.56 Å². The first-order valence-electron chi connectivity index (χ1n) is 9.73. The van der Waals surface area contributed by atoms with Crippen LogP contribution in [-0.4, -0.2) is 12.6 Å². The predicted molar refractivity (Wildman–Crippen MR) is 120 cm³/mol. The van der Waals surface area contributed by atoms with Crippen molar-refractivity contribution >= 4 is 21.9 Å². The first-order chi connectivity index (χ1) is 13.9. The van der Waals surface area contributed by atoms with Gasteiger partial charge in [0, 0.05) is 10.9 Å². The van der Waals surface area contributed by atoms with Crippen LogP contribution < -0.4 is 9.47 Å². The summed E-state index contributed by atoms with van der Waals surface area (Å²) >= 11 is 3.44. The molecule has 0 fully saturated rings. The molecule has 3 aromatic carbocycles. The van der Waals surface area contributed by atoms with E-state index in [0.29, 0.717) is 23.7 Å². The monoisotopic (exact) mass is 452 g/mol. The molecule has 3 rings (SSSR count). The highest BCUT2D eigenvalue weighted by atomic mass is 79.9. The minimum atomic E-state index is -0.423. The van der Waals surface area contributed by atoms with Gasteiger partial charge in [-0.05, 0) is 53.8 Å². The molecule has 0 amide bonds. The van der Waals surface area contributed by atoms with Crippen LogP contribution in [0.1, 0.15) is 46.8 Å². The molecule has 0 heterocycles. The van der Waals surface area contributed by atoms with Crippen molar-refractivity contribution in [3.63, 3.8) is 0 Å². The van der Waals surface area contributed by atoms with Crippen LogP contribution in [0.5, 0.6) is 11.5 Å². The molecule has 0 aliphatic heterocycles. The molecule has 0 unspecified atom stereocenters. The summed E-state index contributed by atoms with van der Waals surface area (Å²) in [4.78, 5) is 13.0. The highest BCUT2D eigenvalue weighted by Crippen LogP contribution is 2.30. The maximum Gasteiger partial charge on any atom is 0.347 e. The van der Waals surface area contributed by atoms with Crippen molar-refractivity contribution in [2.75, 3.05) is 6.61 Å². The summed E-state index contributed by atoms with van der Waals surface area (Å²) < 4.78 is 12.5. The quantitative estimate of drug-likeness (QED) is 0.294. The number of rotatable bonds is 7.